The number of benzene rings is 2. The molecule has 77 valence electrons. The van der Waals surface area contributed by atoms with Crippen LogP contribution in [-0.2, 0) is 0 Å². The summed E-state index contributed by atoms with van der Waals surface area (Å²) in [5.74, 6) is 0. The van der Waals surface area contributed by atoms with Crippen LogP contribution in [-0.4, -0.2) is 21.0 Å². The van der Waals surface area contributed by atoms with Crippen LogP contribution in [0.4, 0.5) is 0 Å². The molecule has 0 aliphatic carbocycles. The van der Waals surface area contributed by atoms with Crippen molar-refractivity contribution in [2.24, 2.45) is 0 Å². The van der Waals surface area contributed by atoms with Crippen molar-refractivity contribution < 1.29 is 0 Å². The van der Waals surface area contributed by atoms with E-state index in [0.29, 0.717) is 0 Å². The van der Waals surface area contributed by atoms with E-state index < -0.39 is 0 Å². The summed E-state index contributed by atoms with van der Waals surface area (Å²) in [5.41, 5.74) is 3.48. The molecule has 1 heterocycles. The Morgan fingerprint density at radius 3 is 2.69 bits per heavy atom. The van der Waals surface area contributed by atoms with Crippen molar-refractivity contribution in [2.45, 2.75) is 0 Å². The van der Waals surface area contributed by atoms with E-state index in [4.69, 9.17) is 0 Å². The number of rotatable bonds is 1. The normalized spacial score (nSPS) is 11.0. The van der Waals surface area contributed by atoms with Crippen LogP contribution in [0, 0.1) is 0 Å². The van der Waals surface area contributed by atoms with Crippen molar-refractivity contribution >= 4 is 48.4 Å². The third kappa shape index (κ3) is 1.24. The molecule has 0 unspecified atom stereocenters. The number of H-pyrrole nitrogens is 1. The predicted molar refractivity (Wildman–Crippen MR) is 71.3 cm³/mol. The van der Waals surface area contributed by atoms with Crippen LogP contribution in [0.5, 0.6) is 0 Å². The summed E-state index contributed by atoms with van der Waals surface area (Å²) >= 11 is 3.12. The Morgan fingerprint density at radius 1 is 1.06 bits per heavy atom. The van der Waals surface area contributed by atoms with Gasteiger partial charge in [-0.3, -0.25) is 0 Å². The standard InChI is InChI=1S/C14H10NSe/c1-2-9-7-8-11-10-5-3-4-6-12(10)15-13(11)14(9)16/h2-8,15H,1H2. The van der Waals surface area contributed by atoms with Gasteiger partial charge in [0.25, 0.3) is 0 Å². The molecule has 2 aromatic carbocycles. The van der Waals surface area contributed by atoms with Gasteiger partial charge in [0, 0.05) is 0 Å². The summed E-state index contributed by atoms with van der Waals surface area (Å²) in [7, 11) is 0. The molecule has 1 nitrogen and oxygen atoms in total. The Bertz CT molecular complexity index is 694. The molecule has 0 saturated carbocycles. The first kappa shape index (κ1) is 9.71. The molecule has 2 heteroatoms. The molecule has 0 saturated heterocycles. The van der Waals surface area contributed by atoms with Crippen LogP contribution in [0.1, 0.15) is 5.56 Å². The van der Waals surface area contributed by atoms with Gasteiger partial charge in [-0.15, -0.1) is 0 Å². The quantitative estimate of drug-likeness (QED) is 0.655. The van der Waals surface area contributed by atoms with Gasteiger partial charge in [-0.1, -0.05) is 0 Å². The number of fused-ring (bicyclic) bond motifs is 3. The predicted octanol–water partition coefficient (Wildman–Crippen LogP) is 2.76. The van der Waals surface area contributed by atoms with Gasteiger partial charge in [0.2, 0.25) is 0 Å². The number of aromatic nitrogens is 1. The Morgan fingerprint density at radius 2 is 1.88 bits per heavy atom. The Kier molecular flexibility index (Phi) is 2.13. The van der Waals surface area contributed by atoms with Crippen molar-refractivity contribution in [3.63, 3.8) is 0 Å². The second kappa shape index (κ2) is 3.51. The van der Waals surface area contributed by atoms with Gasteiger partial charge < -0.3 is 0 Å². The molecule has 3 rings (SSSR count). The van der Waals surface area contributed by atoms with Crippen LogP contribution < -0.4 is 4.46 Å². The molecule has 3 aromatic rings. The van der Waals surface area contributed by atoms with Crippen LogP contribution in [0.15, 0.2) is 43.0 Å². The van der Waals surface area contributed by atoms with E-state index >= 15 is 0 Å². The monoisotopic (exact) mass is 272 g/mol. The first-order valence-corrected chi connectivity index (χ1v) is 6.00. The molecule has 0 bridgehead atoms. The molecule has 0 aliphatic heterocycles. The summed E-state index contributed by atoms with van der Waals surface area (Å²) in [4.78, 5) is 3.44. The molecule has 1 N–H and O–H groups in total. The maximum absolute atomic E-state index is 3.82. The number of para-hydroxylation sites is 1. The second-order valence-electron chi connectivity index (χ2n) is 3.78. The van der Waals surface area contributed by atoms with E-state index in [1.54, 1.807) is 0 Å². The van der Waals surface area contributed by atoms with Crippen molar-refractivity contribution in [3.05, 3.63) is 48.5 Å². The molecular formula is C14H10NSe. The van der Waals surface area contributed by atoms with Crippen molar-refractivity contribution in [1.82, 2.24) is 4.98 Å². The summed E-state index contributed by atoms with van der Waals surface area (Å²) in [6, 6.07) is 12.6. The third-order valence-corrected chi connectivity index (χ3v) is 3.81. The molecular weight excluding hydrogens is 261 g/mol. The van der Waals surface area contributed by atoms with Gasteiger partial charge in [0.05, 0.1) is 0 Å². The van der Waals surface area contributed by atoms with E-state index in [0.717, 1.165) is 10.0 Å². The van der Waals surface area contributed by atoms with Crippen molar-refractivity contribution in [3.8, 4) is 0 Å². The van der Waals surface area contributed by atoms with Gasteiger partial charge in [0.1, 0.15) is 0 Å². The molecule has 0 aliphatic rings. The fraction of sp³-hybridized carbons (Fsp3) is 0. The fourth-order valence-corrected chi connectivity index (χ4v) is 2.73. The molecule has 0 spiro atoms. The van der Waals surface area contributed by atoms with E-state index in [9.17, 15) is 0 Å². The molecule has 0 amide bonds. The van der Waals surface area contributed by atoms with Crippen LogP contribution >= 0.6 is 0 Å². The minimum atomic E-state index is 1.14. The molecule has 1 radical (unpaired) electrons. The summed E-state index contributed by atoms with van der Waals surface area (Å²) in [5, 5.41) is 2.53. The summed E-state index contributed by atoms with van der Waals surface area (Å²) in [6.45, 7) is 3.82. The first-order chi connectivity index (χ1) is 7.81. The van der Waals surface area contributed by atoms with Crippen LogP contribution in [0.25, 0.3) is 27.9 Å². The van der Waals surface area contributed by atoms with Gasteiger partial charge >= 0.3 is 102 Å². The first-order valence-electron chi connectivity index (χ1n) is 5.14. The Balaban J connectivity index is 2.54. The Hall–Kier alpha value is -1.50. The van der Waals surface area contributed by atoms with E-state index in [1.807, 2.05) is 12.1 Å². The zero-order valence-corrected chi connectivity index (χ0v) is 10.4. The van der Waals surface area contributed by atoms with Crippen LogP contribution in [0.3, 0.4) is 0 Å². The third-order valence-electron chi connectivity index (χ3n) is 2.88. The number of hydrogen-bond donors (Lipinski definition) is 1. The molecule has 0 fully saturated rings. The van der Waals surface area contributed by atoms with Crippen LogP contribution in [0.2, 0.25) is 0 Å². The molecule has 1 aromatic heterocycles. The zero-order chi connectivity index (χ0) is 11.1. The minimum absolute atomic E-state index is 1.14. The summed E-state index contributed by atoms with van der Waals surface area (Å²) < 4.78 is 1.14. The number of hydrogen-bond acceptors (Lipinski definition) is 0. The zero-order valence-electron chi connectivity index (χ0n) is 8.66. The van der Waals surface area contributed by atoms with Gasteiger partial charge in [-0.25, -0.2) is 0 Å². The maximum atomic E-state index is 3.82. The van der Waals surface area contributed by atoms with E-state index in [2.05, 4.69) is 57.9 Å². The number of nitrogens with one attached hydrogen (secondary N) is 1. The van der Waals surface area contributed by atoms with Crippen molar-refractivity contribution in [2.75, 3.05) is 0 Å². The molecule has 0 atom stereocenters. The fourth-order valence-electron chi connectivity index (χ4n) is 2.07. The average molecular weight is 271 g/mol. The van der Waals surface area contributed by atoms with Gasteiger partial charge in [0.15, 0.2) is 0 Å². The molecule has 16 heavy (non-hydrogen) atoms. The second-order valence-corrected chi connectivity index (χ2v) is 4.64. The SMILES string of the molecule is C=Cc1ccc2c([nH]c3ccccc32)c1[Se]. The number of aromatic amines is 1. The van der Waals surface area contributed by atoms with E-state index in [1.165, 1.54) is 21.8 Å². The van der Waals surface area contributed by atoms with Gasteiger partial charge in [-0.05, 0) is 0 Å². The Labute approximate surface area is 102 Å². The van der Waals surface area contributed by atoms with Gasteiger partial charge in [-0.2, -0.15) is 0 Å². The summed E-state index contributed by atoms with van der Waals surface area (Å²) in [6.07, 6.45) is 1.87. The van der Waals surface area contributed by atoms with Crippen molar-refractivity contribution in [1.29, 1.82) is 0 Å². The van der Waals surface area contributed by atoms with E-state index in [-0.39, 0.29) is 0 Å². The average Bonchev–Trinajstić information content (AvgIpc) is 2.69. The topological polar surface area (TPSA) is 15.8 Å².